The van der Waals surface area contributed by atoms with E-state index in [-0.39, 0.29) is 32.8 Å². The monoisotopic (exact) mass is 595 g/mol. The number of methoxy groups -OCH3 is 1. The van der Waals surface area contributed by atoms with Crippen LogP contribution in [0.2, 0.25) is 0 Å². The molecule has 7 atom stereocenters. The van der Waals surface area contributed by atoms with E-state index in [1.807, 2.05) is 97.1 Å². The van der Waals surface area contributed by atoms with E-state index < -0.39 is 44.8 Å². The van der Waals surface area contributed by atoms with Crippen molar-refractivity contribution in [2.45, 2.75) is 56.6 Å². The third-order valence-electron chi connectivity index (χ3n) is 6.82. The van der Waals surface area contributed by atoms with Gasteiger partial charge in [-0.2, -0.15) is 5.26 Å². The van der Waals surface area contributed by atoms with Gasteiger partial charge in [0.15, 0.2) is 12.6 Å². The Morgan fingerprint density at radius 3 is 2.14 bits per heavy atom. The molecule has 2 fully saturated rings. The zero-order valence-corrected chi connectivity index (χ0v) is 24.1. The van der Waals surface area contributed by atoms with Crippen LogP contribution in [0.4, 0.5) is 0 Å². The summed E-state index contributed by atoms with van der Waals surface area (Å²) in [6.45, 7) is 0.177. The summed E-state index contributed by atoms with van der Waals surface area (Å²) in [5.41, 5.74) is 2.49. The summed E-state index contributed by atoms with van der Waals surface area (Å²) < 4.78 is 62.5. The minimum absolute atomic E-state index is 0.00304. The van der Waals surface area contributed by atoms with Crippen LogP contribution in [0.1, 0.15) is 29.4 Å². The molecule has 0 saturated carbocycles. The molecule has 0 N–H and O–H groups in total. The number of rotatable bonds is 13. The lowest BCUT2D eigenvalue weighted by Crippen LogP contribution is -2.63. The number of nitrogens with zero attached hydrogens (tertiary/aromatic N) is 1. The fourth-order valence-electron chi connectivity index (χ4n) is 4.76. The van der Waals surface area contributed by atoms with E-state index in [1.165, 1.54) is 7.11 Å². The number of benzene rings is 3. The molecule has 2 aliphatic rings. The van der Waals surface area contributed by atoms with Crippen LogP contribution in [-0.2, 0) is 55.0 Å². The van der Waals surface area contributed by atoms with Crippen molar-refractivity contribution in [1.82, 2.24) is 0 Å². The molecule has 1 unspecified atom stereocenters. The highest BCUT2D eigenvalue weighted by atomic mass is 31.2. The molecule has 11 heteroatoms. The Morgan fingerprint density at radius 1 is 0.857 bits per heavy atom. The number of hydrogen-bond acceptors (Lipinski definition) is 10. The fraction of sp³-hybridized carbons (Fsp3) is 0.387. The van der Waals surface area contributed by atoms with E-state index in [1.54, 1.807) is 0 Å². The molecule has 0 radical (unpaired) electrons. The van der Waals surface area contributed by atoms with Gasteiger partial charge in [-0.05, 0) is 11.1 Å². The Morgan fingerprint density at radius 2 is 1.50 bits per heavy atom. The van der Waals surface area contributed by atoms with E-state index in [0.717, 1.165) is 16.7 Å². The highest BCUT2D eigenvalue weighted by Crippen LogP contribution is 2.54. The molecule has 0 amide bonds. The van der Waals surface area contributed by atoms with Crippen LogP contribution in [0.25, 0.3) is 0 Å². The van der Waals surface area contributed by atoms with Gasteiger partial charge in [-0.15, -0.1) is 0 Å². The zero-order chi connectivity index (χ0) is 29.2. The quantitative estimate of drug-likeness (QED) is 0.180. The second-order valence-corrected chi connectivity index (χ2v) is 11.4. The molecule has 2 heterocycles. The normalized spacial score (nSPS) is 27.0. The SMILES string of the molecule is CO[C@H]1O[C@@H]2CO[C@@H](c3ccccc3)O[C@H]2[C@H](OP(=O)(OCCC#N)OCc2ccccc2)[C@@H]1OCc1ccccc1. The van der Waals surface area contributed by atoms with Gasteiger partial charge < -0.3 is 23.7 Å². The highest BCUT2D eigenvalue weighted by Gasteiger charge is 2.54. The molecule has 42 heavy (non-hydrogen) atoms. The maximum Gasteiger partial charge on any atom is 0.475 e. The predicted octanol–water partition coefficient (Wildman–Crippen LogP) is 5.70. The lowest BCUT2D eigenvalue weighted by molar-refractivity contribution is -0.361. The van der Waals surface area contributed by atoms with Gasteiger partial charge in [-0.1, -0.05) is 91.0 Å². The number of fused-ring (bicyclic) bond motifs is 1. The maximum atomic E-state index is 14.2. The second kappa shape index (κ2) is 15.0. The minimum atomic E-state index is -4.27. The van der Waals surface area contributed by atoms with E-state index >= 15 is 0 Å². The third-order valence-corrected chi connectivity index (χ3v) is 8.27. The smallest absolute Gasteiger partial charge is 0.365 e. The van der Waals surface area contributed by atoms with Gasteiger partial charge in [0, 0.05) is 12.7 Å². The molecule has 0 spiro atoms. The summed E-state index contributed by atoms with van der Waals surface area (Å²) in [4.78, 5) is 0. The van der Waals surface area contributed by atoms with Gasteiger partial charge in [-0.25, -0.2) is 4.57 Å². The van der Waals surface area contributed by atoms with Crippen LogP contribution in [0, 0.1) is 11.3 Å². The lowest BCUT2D eigenvalue weighted by Gasteiger charge is -2.48. The number of hydrogen-bond donors (Lipinski definition) is 0. The second-order valence-electron chi connectivity index (χ2n) is 9.73. The fourth-order valence-corrected chi connectivity index (χ4v) is 6.11. The molecule has 5 rings (SSSR count). The van der Waals surface area contributed by atoms with Crippen molar-refractivity contribution in [3.05, 3.63) is 108 Å². The summed E-state index contributed by atoms with van der Waals surface area (Å²) >= 11 is 0. The first-order chi connectivity index (χ1) is 20.6. The largest absolute Gasteiger partial charge is 0.475 e. The average molecular weight is 596 g/mol. The molecular formula is C31H34NO9P. The molecular weight excluding hydrogens is 561 g/mol. The molecule has 10 nitrogen and oxygen atoms in total. The van der Waals surface area contributed by atoms with Crippen molar-refractivity contribution in [2.75, 3.05) is 20.3 Å². The van der Waals surface area contributed by atoms with E-state index in [4.69, 9.17) is 42.5 Å². The first-order valence-corrected chi connectivity index (χ1v) is 15.2. The van der Waals surface area contributed by atoms with Crippen LogP contribution in [0.15, 0.2) is 91.0 Å². The van der Waals surface area contributed by atoms with Gasteiger partial charge >= 0.3 is 7.82 Å². The van der Waals surface area contributed by atoms with Crippen LogP contribution in [0.3, 0.4) is 0 Å². The molecule has 3 aromatic carbocycles. The molecule has 3 aromatic rings. The van der Waals surface area contributed by atoms with E-state index in [2.05, 4.69) is 0 Å². The molecule has 2 aliphatic heterocycles. The van der Waals surface area contributed by atoms with Crippen LogP contribution in [0.5, 0.6) is 0 Å². The molecule has 2 saturated heterocycles. The van der Waals surface area contributed by atoms with Gasteiger partial charge in [0.05, 0.1) is 38.9 Å². The summed E-state index contributed by atoms with van der Waals surface area (Å²) in [6, 6.07) is 30.3. The predicted molar refractivity (Wildman–Crippen MR) is 151 cm³/mol. The van der Waals surface area contributed by atoms with Crippen molar-refractivity contribution in [1.29, 1.82) is 5.26 Å². The highest BCUT2D eigenvalue weighted by molar-refractivity contribution is 7.48. The van der Waals surface area contributed by atoms with Crippen molar-refractivity contribution in [3.63, 3.8) is 0 Å². The topological polar surface area (TPSA) is 115 Å². The summed E-state index contributed by atoms with van der Waals surface area (Å²) in [5, 5.41) is 9.08. The molecule has 0 aromatic heterocycles. The van der Waals surface area contributed by atoms with Crippen LogP contribution >= 0.6 is 7.82 Å². The summed E-state index contributed by atoms with van der Waals surface area (Å²) in [7, 11) is -2.78. The minimum Gasteiger partial charge on any atom is -0.365 e. The number of ether oxygens (including phenoxy) is 5. The van der Waals surface area contributed by atoms with Crippen LogP contribution in [-0.4, -0.2) is 51.0 Å². The van der Waals surface area contributed by atoms with Crippen molar-refractivity contribution < 1.29 is 41.8 Å². The maximum absolute atomic E-state index is 14.2. The van der Waals surface area contributed by atoms with Gasteiger partial charge in [0.25, 0.3) is 0 Å². The van der Waals surface area contributed by atoms with Gasteiger partial charge in [0.2, 0.25) is 0 Å². The molecule has 222 valence electrons. The Hall–Kier alpha value is -2.94. The first-order valence-electron chi connectivity index (χ1n) is 13.7. The Bertz CT molecular complexity index is 1320. The van der Waals surface area contributed by atoms with Crippen molar-refractivity contribution in [3.8, 4) is 6.07 Å². The van der Waals surface area contributed by atoms with Crippen LogP contribution < -0.4 is 0 Å². The number of phosphoric acid groups is 1. The third kappa shape index (κ3) is 7.91. The van der Waals surface area contributed by atoms with Gasteiger partial charge in [0.1, 0.15) is 24.4 Å². The lowest BCUT2D eigenvalue weighted by atomic mass is 9.97. The Kier molecular flexibility index (Phi) is 10.9. The zero-order valence-electron chi connectivity index (χ0n) is 23.2. The molecule has 0 bridgehead atoms. The van der Waals surface area contributed by atoms with Gasteiger partial charge in [-0.3, -0.25) is 13.6 Å². The standard InChI is InChI=1S/C31H34NO9P/c1-34-31-29(35-20-23-12-5-2-6-13-23)28(27-26(39-31)22-36-30(40-27)25-16-9-4-10-17-25)41-42(33,37-19-11-18-32)38-21-24-14-7-3-8-15-24/h2-10,12-17,26-31H,11,19-22H2,1H3/t26-,27-,28+,29+,30-,31+,42?/m1/s1. The number of nitriles is 1. The Labute approximate surface area is 245 Å². The van der Waals surface area contributed by atoms with E-state index in [9.17, 15) is 4.57 Å². The van der Waals surface area contributed by atoms with Crippen molar-refractivity contribution >= 4 is 7.82 Å². The first kappa shape index (κ1) is 30.5. The number of phosphoric ester groups is 1. The molecule has 0 aliphatic carbocycles. The summed E-state index contributed by atoms with van der Waals surface area (Å²) in [5.74, 6) is 0. The van der Waals surface area contributed by atoms with E-state index in [0.29, 0.717) is 0 Å². The average Bonchev–Trinajstić information content (AvgIpc) is 3.04. The summed E-state index contributed by atoms with van der Waals surface area (Å²) in [6.07, 6.45) is -4.95. The van der Waals surface area contributed by atoms with Crippen molar-refractivity contribution in [2.24, 2.45) is 0 Å². The Balaban J connectivity index is 1.44.